The maximum atomic E-state index is 11.2. The van der Waals surface area contributed by atoms with Crippen molar-refractivity contribution in [2.45, 2.75) is 0 Å². The molecule has 2 rings (SSSR count). The van der Waals surface area contributed by atoms with Crippen molar-refractivity contribution in [1.82, 2.24) is 15.3 Å². The predicted octanol–water partition coefficient (Wildman–Crippen LogP) is -0.386. The Morgan fingerprint density at radius 1 is 1.67 bits per heavy atom. The molecule has 5 nitrogen and oxygen atoms in total. The van der Waals surface area contributed by atoms with E-state index in [1.54, 1.807) is 0 Å². The molecule has 62 valence electrons. The van der Waals surface area contributed by atoms with Gasteiger partial charge in [0.25, 0.3) is 5.91 Å². The van der Waals surface area contributed by atoms with Gasteiger partial charge in [0.15, 0.2) is 0 Å². The highest BCUT2D eigenvalue weighted by atomic mass is 16.2. The quantitative estimate of drug-likeness (QED) is 0.567. The standard InChI is InChI=1S/C7H8N4O/c1-11-4-10-7(12)5-2-8-3-9-6(5)11/h2-3H,4H2,1H3,(H,10,12). The van der Waals surface area contributed by atoms with Crippen LogP contribution in [0.2, 0.25) is 0 Å². The summed E-state index contributed by atoms with van der Waals surface area (Å²) in [6.07, 6.45) is 2.96. The second kappa shape index (κ2) is 2.44. The fourth-order valence-electron chi connectivity index (χ4n) is 1.15. The molecule has 1 N–H and O–H groups in total. The van der Waals surface area contributed by atoms with Crippen LogP contribution in [0.15, 0.2) is 12.5 Å². The molecule has 0 spiro atoms. The van der Waals surface area contributed by atoms with Crippen LogP contribution in [0.25, 0.3) is 0 Å². The van der Waals surface area contributed by atoms with Crippen molar-refractivity contribution < 1.29 is 4.79 Å². The molecule has 0 unspecified atom stereocenters. The third-order valence-corrected chi connectivity index (χ3v) is 1.77. The van der Waals surface area contributed by atoms with Crippen LogP contribution in [0.4, 0.5) is 5.82 Å². The smallest absolute Gasteiger partial charge is 0.258 e. The molecule has 1 aliphatic rings. The molecule has 1 aromatic rings. The van der Waals surface area contributed by atoms with Gasteiger partial charge < -0.3 is 10.2 Å². The first-order chi connectivity index (χ1) is 5.79. The van der Waals surface area contributed by atoms with Gasteiger partial charge in [-0.15, -0.1) is 0 Å². The van der Waals surface area contributed by atoms with Crippen molar-refractivity contribution >= 4 is 11.7 Å². The average molecular weight is 164 g/mol. The van der Waals surface area contributed by atoms with Gasteiger partial charge in [0.1, 0.15) is 17.7 Å². The number of carbonyl (C=O) groups excluding carboxylic acids is 1. The van der Waals surface area contributed by atoms with Gasteiger partial charge in [0.05, 0.1) is 6.67 Å². The van der Waals surface area contributed by atoms with Crippen molar-refractivity contribution in [3.8, 4) is 0 Å². The van der Waals surface area contributed by atoms with Gasteiger partial charge in [-0.2, -0.15) is 0 Å². The largest absolute Gasteiger partial charge is 0.341 e. The SMILES string of the molecule is CN1CNC(=O)c2cncnc21. The Morgan fingerprint density at radius 2 is 2.50 bits per heavy atom. The second-order valence-corrected chi connectivity index (χ2v) is 2.62. The number of carbonyl (C=O) groups is 1. The van der Waals surface area contributed by atoms with Gasteiger partial charge in [0, 0.05) is 13.2 Å². The number of anilines is 1. The number of aromatic nitrogens is 2. The molecular weight excluding hydrogens is 156 g/mol. The van der Waals surface area contributed by atoms with E-state index in [0.717, 1.165) is 0 Å². The Kier molecular flexibility index (Phi) is 1.43. The lowest BCUT2D eigenvalue weighted by atomic mass is 10.2. The fraction of sp³-hybridized carbons (Fsp3) is 0.286. The van der Waals surface area contributed by atoms with Gasteiger partial charge in [-0.3, -0.25) is 4.79 Å². The van der Waals surface area contributed by atoms with Crippen LogP contribution in [-0.2, 0) is 0 Å². The summed E-state index contributed by atoms with van der Waals surface area (Å²) in [6, 6.07) is 0. The number of rotatable bonds is 0. The highest BCUT2D eigenvalue weighted by molar-refractivity contribution is 6.00. The van der Waals surface area contributed by atoms with E-state index in [1.807, 2.05) is 11.9 Å². The molecule has 5 heteroatoms. The molecule has 0 bridgehead atoms. The van der Waals surface area contributed by atoms with Crippen molar-refractivity contribution in [2.75, 3.05) is 18.6 Å². The summed E-state index contributed by atoms with van der Waals surface area (Å²) in [5.41, 5.74) is 0.534. The maximum Gasteiger partial charge on any atom is 0.258 e. The normalized spacial score (nSPS) is 15.4. The van der Waals surface area contributed by atoms with E-state index >= 15 is 0 Å². The summed E-state index contributed by atoms with van der Waals surface area (Å²) in [6.45, 7) is 0.503. The first-order valence-corrected chi connectivity index (χ1v) is 3.58. The van der Waals surface area contributed by atoms with E-state index in [-0.39, 0.29) is 5.91 Å². The Morgan fingerprint density at radius 3 is 3.25 bits per heavy atom. The second-order valence-electron chi connectivity index (χ2n) is 2.62. The van der Waals surface area contributed by atoms with Gasteiger partial charge in [-0.25, -0.2) is 9.97 Å². The molecule has 0 radical (unpaired) electrons. The average Bonchev–Trinajstić information content (AvgIpc) is 2.12. The van der Waals surface area contributed by atoms with Crippen LogP contribution in [0.3, 0.4) is 0 Å². The number of nitrogens with zero attached hydrogens (tertiary/aromatic N) is 3. The number of nitrogens with one attached hydrogen (secondary N) is 1. The molecule has 0 aliphatic carbocycles. The van der Waals surface area contributed by atoms with Crippen molar-refractivity contribution in [2.24, 2.45) is 0 Å². The Hall–Kier alpha value is -1.65. The third-order valence-electron chi connectivity index (χ3n) is 1.77. The van der Waals surface area contributed by atoms with Crippen LogP contribution in [0.1, 0.15) is 10.4 Å². The fourth-order valence-corrected chi connectivity index (χ4v) is 1.15. The first kappa shape index (κ1) is 7.02. The molecule has 0 aromatic carbocycles. The zero-order chi connectivity index (χ0) is 8.55. The van der Waals surface area contributed by atoms with Crippen molar-refractivity contribution in [3.05, 3.63) is 18.1 Å². The zero-order valence-corrected chi connectivity index (χ0v) is 6.61. The number of hydrogen-bond acceptors (Lipinski definition) is 4. The highest BCUT2D eigenvalue weighted by Crippen LogP contribution is 2.16. The van der Waals surface area contributed by atoms with Gasteiger partial charge in [-0.05, 0) is 0 Å². The summed E-state index contributed by atoms with van der Waals surface area (Å²) in [5.74, 6) is 0.581. The third kappa shape index (κ3) is 0.903. The Bertz CT molecular complexity index is 325. The summed E-state index contributed by atoms with van der Waals surface area (Å²) in [7, 11) is 1.87. The maximum absolute atomic E-state index is 11.2. The Labute approximate surface area is 69.4 Å². The molecular formula is C7H8N4O. The van der Waals surface area contributed by atoms with Crippen molar-refractivity contribution in [3.63, 3.8) is 0 Å². The van der Waals surface area contributed by atoms with Crippen LogP contribution < -0.4 is 10.2 Å². The lowest BCUT2D eigenvalue weighted by molar-refractivity contribution is 0.0947. The van der Waals surface area contributed by atoms with E-state index in [2.05, 4.69) is 15.3 Å². The van der Waals surface area contributed by atoms with Gasteiger partial charge >= 0.3 is 0 Å². The summed E-state index contributed by atoms with van der Waals surface area (Å²) in [4.78, 5) is 20.9. The summed E-state index contributed by atoms with van der Waals surface area (Å²) >= 11 is 0. The molecule has 1 aliphatic heterocycles. The van der Waals surface area contributed by atoms with Crippen LogP contribution in [0.5, 0.6) is 0 Å². The van der Waals surface area contributed by atoms with Gasteiger partial charge in [-0.1, -0.05) is 0 Å². The highest BCUT2D eigenvalue weighted by Gasteiger charge is 2.20. The molecule has 1 aromatic heterocycles. The lowest BCUT2D eigenvalue weighted by Crippen LogP contribution is -2.41. The molecule has 2 heterocycles. The minimum absolute atomic E-state index is 0.108. The summed E-state index contributed by atoms with van der Waals surface area (Å²) in [5, 5.41) is 2.69. The first-order valence-electron chi connectivity index (χ1n) is 3.58. The van der Waals surface area contributed by atoms with Crippen LogP contribution in [-0.4, -0.2) is 29.6 Å². The lowest BCUT2D eigenvalue weighted by Gasteiger charge is -2.25. The van der Waals surface area contributed by atoms with Gasteiger partial charge in [0.2, 0.25) is 0 Å². The summed E-state index contributed by atoms with van der Waals surface area (Å²) < 4.78 is 0. The topological polar surface area (TPSA) is 58.1 Å². The van der Waals surface area contributed by atoms with Crippen LogP contribution >= 0.6 is 0 Å². The monoisotopic (exact) mass is 164 g/mol. The molecule has 0 saturated carbocycles. The number of amides is 1. The molecule has 1 amide bonds. The van der Waals surface area contributed by atoms with E-state index in [1.165, 1.54) is 12.5 Å². The predicted molar refractivity (Wildman–Crippen MR) is 42.8 cm³/mol. The van der Waals surface area contributed by atoms with Crippen LogP contribution in [0, 0.1) is 0 Å². The number of fused-ring (bicyclic) bond motifs is 1. The van der Waals surface area contributed by atoms with E-state index < -0.39 is 0 Å². The Balaban J connectivity index is 2.55. The minimum Gasteiger partial charge on any atom is -0.341 e. The number of hydrogen-bond donors (Lipinski definition) is 1. The molecule has 12 heavy (non-hydrogen) atoms. The van der Waals surface area contributed by atoms with Crippen molar-refractivity contribution in [1.29, 1.82) is 0 Å². The van der Waals surface area contributed by atoms with E-state index in [9.17, 15) is 4.79 Å². The van der Waals surface area contributed by atoms with E-state index in [0.29, 0.717) is 18.1 Å². The molecule has 0 atom stereocenters. The molecule has 0 saturated heterocycles. The minimum atomic E-state index is -0.108. The van der Waals surface area contributed by atoms with E-state index in [4.69, 9.17) is 0 Å². The molecule has 0 fully saturated rings. The zero-order valence-electron chi connectivity index (χ0n) is 6.61.